The van der Waals surface area contributed by atoms with Gasteiger partial charge in [0.15, 0.2) is 17.4 Å². The number of rotatable bonds is 2. The van der Waals surface area contributed by atoms with Gasteiger partial charge in [-0.2, -0.15) is 5.10 Å². The number of benzene rings is 1. The van der Waals surface area contributed by atoms with Crippen molar-refractivity contribution in [3.8, 4) is 17.1 Å². The zero-order chi connectivity index (χ0) is 10.8. The number of aromatic amines is 1. The van der Waals surface area contributed by atoms with Gasteiger partial charge in [0, 0.05) is 5.56 Å². The Labute approximate surface area is 89.7 Å². The smallest absolute Gasteiger partial charge is 0.181 e. The van der Waals surface area contributed by atoms with Crippen molar-refractivity contribution in [3.05, 3.63) is 29.8 Å². The Morgan fingerprint density at radius 3 is 2.87 bits per heavy atom. The molecule has 0 aliphatic carbocycles. The molecule has 15 heavy (non-hydrogen) atoms. The minimum atomic E-state index is -0.704. The molecule has 0 radical (unpaired) electrons. The highest BCUT2D eigenvalue weighted by molar-refractivity contribution is 6.16. The lowest BCUT2D eigenvalue weighted by molar-refractivity contribution is 0.432. The fraction of sp³-hybridized carbons (Fsp3) is 0.111. The molecule has 0 aliphatic heterocycles. The van der Waals surface area contributed by atoms with Gasteiger partial charge in [0.1, 0.15) is 5.82 Å². The lowest BCUT2D eigenvalue weighted by atomic mass is 10.2. The maximum Gasteiger partial charge on any atom is 0.181 e. The van der Waals surface area contributed by atoms with E-state index in [0.29, 0.717) is 17.2 Å². The highest BCUT2D eigenvalue weighted by atomic mass is 35.5. The molecule has 0 aliphatic rings. The summed E-state index contributed by atoms with van der Waals surface area (Å²) in [5.74, 6) is -0.0191. The minimum absolute atomic E-state index is 0.216. The third kappa shape index (κ3) is 1.92. The van der Waals surface area contributed by atoms with Gasteiger partial charge in [-0.3, -0.25) is 5.10 Å². The molecule has 0 fully saturated rings. The lowest BCUT2D eigenvalue weighted by Gasteiger charge is -1.97. The monoisotopic (exact) mass is 227 g/mol. The molecule has 6 heteroatoms. The zero-order valence-corrected chi connectivity index (χ0v) is 8.29. The van der Waals surface area contributed by atoms with Gasteiger partial charge in [0.2, 0.25) is 0 Å². The first-order valence-corrected chi connectivity index (χ1v) is 4.70. The van der Waals surface area contributed by atoms with E-state index in [-0.39, 0.29) is 5.88 Å². The Morgan fingerprint density at radius 2 is 2.27 bits per heavy atom. The number of alkyl halides is 1. The van der Waals surface area contributed by atoms with E-state index in [1.54, 1.807) is 0 Å². The van der Waals surface area contributed by atoms with E-state index in [4.69, 9.17) is 16.7 Å². The SMILES string of the molecule is Oc1ccc(-c2n[nH]c(CCl)n2)cc1F. The van der Waals surface area contributed by atoms with Crippen molar-refractivity contribution in [2.75, 3.05) is 0 Å². The molecule has 1 heterocycles. The number of aromatic nitrogens is 3. The van der Waals surface area contributed by atoms with Crippen LogP contribution in [0.15, 0.2) is 18.2 Å². The third-order valence-electron chi connectivity index (χ3n) is 1.86. The van der Waals surface area contributed by atoms with E-state index >= 15 is 0 Å². The summed E-state index contributed by atoms with van der Waals surface area (Å²) in [6.07, 6.45) is 0. The van der Waals surface area contributed by atoms with Crippen LogP contribution in [0.3, 0.4) is 0 Å². The summed E-state index contributed by atoms with van der Waals surface area (Å²) in [6.45, 7) is 0. The van der Waals surface area contributed by atoms with Gasteiger partial charge >= 0.3 is 0 Å². The van der Waals surface area contributed by atoms with Crippen LogP contribution >= 0.6 is 11.6 Å². The number of phenols is 1. The van der Waals surface area contributed by atoms with Gasteiger partial charge in [-0.15, -0.1) is 11.6 Å². The van der Waals surface area contributed by atoms with Crippen LogP contribution in [0.2, 0.25) is 0 Å². The molecule has 0 amide bonds. The minimum Gasteiger partial charge on any atom is -0.505 e. The van der Waals surface area contributed by atoms with Crippen molar-refractivity contribution >= 4 is 11.6 Å². The van der Waals surface area contributed by atoms with E-state index < -0.39 is 11.6 Å². The molecule has 0 atom stereocenters. The summed E-state index contributed by atoms with van der Waals surface area (Å²) in [6, 6.07) is 3.94. The molecule has 78 valence electrons. The normalized spacial score (nSPS) is 10.5. The molecule has 4 nitrogen and oxygen atoms in total. The second kappa shape index (κ2) is 3.86. The van der Waals surface area contributed by atoms with E-state index in [1.165, 1.54) is 12.1 Å². The number of nitrogens with zero attached hydrogens (tertiary/aromatic N) is 2. The van der Waals surface area contributed by atoms with Crippen LogP contribution in [0.5, 0.6) is 5.75 Å². The van der Waals surface area contributed by atoms with Crippen LogP contribution < -0.4 is 0 Å². The maximum absolute atomic E-state index is 13.0. The number of H-pyrrole nitrogens is 1. The molecule has 1 aromatic heterocycles. The van der Waals surface area contributed by atoms with Crippen molar-refractivity contribution in [1.29, 1.82) is 0 Å². The van der Waals surface area contributed by atoms with Crippen molar-refractivity contribution in [2.45, 2.75) is 5.88 Å². The Kier molecular flexibility index (Phi) is 2.55. The third-order valence-corrected chi connectivity index (χ3v) is 2.12. The van der Waals surface area contributed by atoms with E-state index in [1.807, 2.05) is 0 Å². The average Bonchev–Trinajstić information content (AvgIpc) is 2.70. The quantitative estimate of drug-likeness (QED) is 0.772. The molecule has 1 aromatic carbocycles. The number of hydrogen-bond acceptors (Lipinski definition) is 3. The summed E-state index contributed by atoms with van der Waals surface area (Å²) in [4.78, 5) is 4.02. The fourth-order valence-corrected chi connectivity index (χ4v) is 1.25. The Morgan fingerprint density at radius 1 is 1.47 bits per heavy atom. The van der Waals surface area contributed by atoms with Crippen LogP contribution in [-0.2, 0) is 5.88 Å². The van der Waals surface area contributed by atoms with Crippen LogP contribution in [0.1, 0.15) is 5.82 Å². The second-order valence-corrected chi connectivity index (χ2v) is 3.17. The van der Waals surface area contributed by atoms with E-state index in [9.17, 15) is 4.39 Å². The first kappa shape index (κ1) is 9.92. The molecule has 0 saturated heterocycles. The lowest BCUT2D eigenvalue weighted by Crippen LogP contribution is -1.84. The highest BCUT2D eigenvalue weighted by Crippen LogP contribution is 2.22. The van der Waals surface area contributed by atoms with Crippen molar-refractivity contribution in [2.24, 2.45) is 0 Å². The molecule has 0 spiro atoms. The largest absolute Gasteiger partial charge is 0.505 e. The first-order valence-electron chi connectivity index (χ1n) is 4.17. The van der Waals surface area contributed by atoms with Gasteiger partial charge in [0.05, 0.1) is 5.88 Å². The molecule has 2 N–H and O–H groups in total. The standard InChI is InChI=1S/C9H7ClFN3O/c10-4-8-12-9(14-13-8)5-1-2-7(15)6(11)3-5/h1-3,15H,4H2,(H,12,13,14). The van der Waals surface area contributed by atoms with Crippen LogP contribution in [0.4, 0.5) is 4.39 Å². The predicted octanol–water partition coefficient (Wildman–Crippen LogP) is 2.06. The Hall–Kier alpha value is -1.62. The molecular weight excluding hydrogens is 221 g/mol. The maximum atomic E-state index is 13.0. The summed E-state index contributed by atoms with van der Waals surface area (Å²) < 4.78 is 13.0. The number of hydrogen-bond donors (Lipinski definition) is 2. The zero-order valence-electron chi connectivity index (χ0n) is 7.54. The Balaban J connectivity index is 2.40. The highest BCUT2D eigenvalue weighted by Gasteiger charge is 2.08. The van der Waals surface area contributed by atoms with Gasteiger partial charge in [-0.25, -0.2) is 9.37 Å². The summed E-state index contributed by atoms with van der Waals surface area (Å²) in [5.41, 5.74) is 0.484. The number of halogens is 2. The Bertz CT molecular complexity index is 486. The van der Waals surface area contributed by atoms with Gasteiger partial charge in [0.25, 0.3) is 0 Å². The molecule has 0 bridgehead atoms. The number of nitrogens with one attached hydrogen (secondary N) is 1. The fourth-order valence-electron chi connectivity index (χ4n) is 1.13. The van der Waals surface area contributed by atoms with Gasteiger partial charge in [-0.05, 0) is 18.2 Å². The predicted molar refractivity (Wildman–Crippen MR) is 53.0 cm³/mol. The van der Waals surface area contributed by atoms with Crippen LogP contribution in [0.25, 0.3) is 11.4 Å². The second-order valence-electron chi connectivity index (χ2n) is 2.91. The summed E-state index contributed by atoms with van der Waals surface area (Å²) in [7, 11) is 0. The molecule has 2 rings (SSSR count). The van der Waals surface area contributed by atoms with Crippen molar-refractivity contribution in [3.63, 3.8) is 0 Å². The molecule has 0 unspecified atom stereocenters. The van der Waals surface area contributed by atoms with Gasteiger partial charge < -0.3 is 5.11 Å². The van der Waals surface area contributed by atoms with Crippen LogP contribution in [-0.4, -0.2) is 20.3 Å². The van der Waals surface area contributed by atoms with Crippen molar-refractivity contribution < 1.29 is 9.50 Å². The number of phenolic OH excluding ortho intramolecular Hbond substituents is 1. The molecule has 2 aromatic rings. The summed E-state index contributed by atoms with van der Waals surface area (Å²) >= 11 is 5.54. The van der Waals surface area contributed by atoms with E-state index in [2.05, 4.69) is 15.2 Å². The first-order chi connectivity index (χ1) is 7.20. The number of aromatic hydroxyl groups is 1. The average molecular weight is 228 g/mol. The van der Waals surface area contributed by atoms with Gasteiger partial charge in [-0.1, -0.05) is 0 Å². The molecular formula is C9H7ClFN3O. The van der Waals surface area contributed by atoms with Crippen LogP contribution in [0, 0.1) is 5.82 Å². The van der Waals surface area contributed by atoms with E-state index in [0.717, 1.165) is 6.07 Å². The summed E-state index contributed by atoms with van der Waals surface area (Å²) in [5, 5.41) is 15.5. The van der Waals surface area contributed by atoms with Crippen molar-refractivity contribution in [1.82, 2.24) is 15.2 Å². The topological polar surface area (TPSA) is 61.8 Å². The molecule has 0 saturated carbocycles.